The highest BCUT2D eigenvalue weighted by Gasteiger charge is 2.13. The predicted molar refractivity (Wildman–Crippen MR) is 83.8 cm³/mol. The van der Waals surface area contributed by atoms with Gasteiger partial charge in [-0.25, -0.2) is 8.78 Å². The SMILES string of the molecule is O=C(COC(=O)CCC(=O)c1cccs1)Nc1ccc(F)c(F)c1. The van der Waals surface area contributed by atoms with Crippen molar-refractivity contribution in [3.63, 3.8) is 0 Å². The summed E-state index contributed by atoms with van der Waals surface area (Å²) < 4.78 is 30.5. The monoisotopic (exact) mass is 353 g/mol. The molecule has 2 aromatic rings. The average Bonchev–Trinajstić information content (AvgIpc) is 3.08. The number of carbonyl (C=O) groups excluding carboxylic acids is 3. The van der Waals surface area contributed by atoms with Gasteiger partial charge in [-0.05, 0) is 23.6 Å². The largest absolute Gasteiger partial charge is 0.456 e. The number of benzene rings is 1. The molecule has 1 N–H and O–H groups in total. The van der Waals surface area contributed by atoms with Gasteiger partial charge in [0.05, 0.1) is 11.3 Å². The zero-order valence-corrected chi connectivity index (χ0v) is 13.2. The number of thiophene rings is 1. The lowest BCUT2D eigenvalue weighted by Crippen LogP contribution is -2.21. The molecule has 0 saturated heterocycles. The van der Waals surface area contributed by atoms with Gasteiger partial charge in [0.25, 0.3) is 5.91 Å². The number of nitrogens with one attached hydrogen (secondary N) is 1. The van der Waals surface area contributed by atoms with E-state index in [9.17, 15) is 23.2 Å². The second-order valence-corrected chi connectivity index (χ2v) is 5.69. The third kappa shape index (κ3) is 5.24. The van der Waals surface area contributed by atoms with Gasteiger partial charge in [-0.15, -0.1) is 11.3 Å². The third-order valence-corrected chi connectivity index (χ3v) is 3.83. The Morgan fingerprint density at radius 2 is 1.88 bits per heavy atom. The van der Waals surface area contributed by atoms with Gasteiger partial charge < -0.3 is 10.1 Å². The van der Waals surface area contributed by atoms with Crippen molar-refractivity contribution in [1.29, 1.82) is 0 Å². The maximum atomic E-state index is 13.0. The molecule has 0 atom stereocenters. The van der Waals surface area contributed by atoms with E-state index in [0.717, 1.165) is 12.1 Å². The lowest BCUT2D eigenvalue weighted by molar-refractivity contribution is -0.147. The lowest BCUT2D eigenvalue weighted by Gasteiger charge is -2.06. The molecule has 5 nitrogen and oxygen atoms in total. The number of esters is 1. The summed E-state index contributed by atoms with van der Waals surface area (Å²) in [5.41, 5.74) is 0.0443. The smallest absolute Gasteiger partial charge is 0.306 e. The molecule has 2 rings (SSSR count). The Balaban J connectivity index is 1.72. The molecular weight excluding hydrogens is 340 g/mol. The van der Waals surface area contributed by atoms with E-state index in [-0.39, 0.29) is 24.3 Å². The zero-order chi connectivity index (χ0) is 17.5. The van der Waals surface area contributed by atoms with Gasteiger partial charge >= 0.3 is 5.97 Å². The molecule has 0 aliphatic rings. The molecule has 0 spiro atoms. The van der Waals surface area contributed by atoms with Gasteiger partial charge in [0.15, 0.2) is 24.0 Å². The zero-order valence-electron chi connectivity index (χ0n) is 12.4. The van der Waals surface area contributed by atoms with Crippen molar-refractivity contribution < 1.29 is 27.9 Å². The molecule has 0 aliphatic carbocycles. The first-order valence-corrected chi connectivity index (χ1v) is 7.81. The number of carbonyl (C=O) groups is 3. The molecule has 0 bridgehead atoms. The minimum atomic E-state index is -1.10. The highest BCUT2D eigenvalue weighted by Crippen LogP contribution is 2.14. The number of halogens is 2. The van der Waals surface area contributed by atoms with E-state index in [1.807, 2.05) is 0 Å². The van der Waals surface area contributed by atoms with Crippen LogP contribution in [0, 0.1) is 11.6 Å². The summed E-state index contributed by atoms with van der Waals surface area (Å²) >= 11 is 1.28. The van der Waals surface area contributed by atoms with Gasteiger partial charge in [0.1, 0.15) is 0 Å². The summed E-state index contributed by atoms with van der Waals surface area (Å²) in [6, 6.07) is 6.26. The molecule has 1 aromatic heterocycles. The van der Waals surface area contributed by atoms with E-state index in [0.29, 0.717) is 4.88 Å². The van der Waals surface area contributed by atoms with E-state index in [1.165, 1.54) is 17.4 Å². The van der Waals surface area contributed by atoms with E-state index in [2.05, 4.69) is 5.32 Å². The van der Waals surface area contributed by atoms with E-state index < -0.39 is 30.1 Å². The topological polar surface area (TPSA) is 72.5 Å². The molecule has 126 valence electrons. The first-order chi connectivity index (χ1) is 11.5. The van der Waals surface area contributed by atoms with Crippen molar-refractivity contribution in [2.24, 2.45) is 0 Å². The molecule has 0 radical (unpaired) electrons. The summed E-state index contributed by atoms with van der Waals surface area (Å²) in [5.74, 6) is -3.70. The minimum absolute atomic E-state index is 0.00978. The lowest BCUT2D eigenvalue weighted by atomic mass is 10.2. The second kappa shape index (κ2) is 8.30. The van der Waals surface area contributed by atoms with Gasteiger partial charge in [-0.1, -0.05) is 6.07 Å². The summed E-state index contributed by atoms with van der Waals surface area (Å²) in [6.07, 6.45) is -0.153. The molecule has 24 heavy (non-hydrogen) atoms. The average molecular weight is 353 g/mol. The van der Waals surface area contributed by atoms with Crippen molar-refractivity contribution in [1.82, 2.24) is 0 Å². The molecule has 0 aliphatic heterocycles. The van der Waals surface area contributed by atoms with E-state index in [4.69, 9.17) is 4.74 Å². The van der Waals surface area contributed by atoms with Crippen LogP contribution >= 0.6 is 11.3 Å². The molecule has 0 fully saturated rings. The van der Waals surface area contributed by atoms with Crippen molar-refractivity contribution in [2.45, 2.75) is 12.8 Å². The molecule has 8 heteroatoms. The van der Waals surface area contributed by atoms with Crippen LogP contribution in [0.25, 0.3) is 0 Å². The van der Waals surface area contributed by atoms with Crippen LogP contribution in [-0.4, -0.2) is 24.3 Å². The van der Waals surface area contributed by atoms with Crippen LogP contribution in [0.15, 0.2) is 35.7 Å². The Morgan fingerprint density at radius 1 is 1.08 bits per heavy atom. The number of ketones is 1. The van der Waals surface area contributed by atoms with Crippen LogP contribution in [0.5, 0.6) is 0 Å². The molecule has 1 amide bonds. The quantitative estimate of drug-likeness (QED) is 0.613. The molecule has 0 saturated carbocycles. The van der Waals surface area contributed by atoms with Gasteiger partial charge in [0, 0.05) is 18.2 Å². The minimum Gasteiger partial charge on any atom is -0.456 e. The first kappa shape index (κ1) is 17.7. The highest BCUT2D eigenvalue weighted by molar-refractivity contribution is 7.12. The number of ether oxygens (including phenoxy) is 1. The Morgan fingerprint density at radius 3 is 2.54 bits per heavy atom. The van der Waals surface area contributed by atoms with Crippen LogP contribution in [-0.2, 0) is 14.3 Å². The first-order valence-electron chi connectivity index (χ1n) is 6.93. The summed E-state index contributed by atoms with van der Waals surface area (Å²) in [6.45, 7) is -0.578. The number of rotatable bonds is 7. The number of Topliss-reactive ketones (excluding diaryl/α,β-unsaturated/α-hetero) is 1. The van der Waals surface area contributed by atoms with Gasteiger partial charge in [0.2, 0.25) is 0 Å². The van der Waals surface area contributed by atoms with E-state index >= 15 is 0 Å². The Kier molecular flexibility index (Phi) is 6.14. The molecular formula is C16H13F2NO4S. The van der Waals surface area contributed by atoms with Crippen molar-refractivity contribution in [2.75, 3.05) is 11.9 Å². The van der Waals surface area contributed by atoms with Crippen LogP contribution in [0.1, 0.15) is 22.5 Å². The third-order valence-electron chi connectivity index (χ3n) is 2.92. The van der Waals surface area contributed by atoms with Gasteiger partial charge in [-0.2, -0.15) is 0 Å². The van der Waals surface area contributed by atoms with Crippen LogP contribution < -0.4 is 5.32 Å². The fraction of sp³-hybridized carbons (Fsp3) is 0.188. The van der Waals surface area contributed by atoms with Crippen LogP contribution in [0.2, 0.25) is 0 Å². The van der Waals surface area contributed by atoms with Crippen molar-refractivity contribution in [3.05, 3.63) is 52.2 Å². The second-order valence-electron chi connectivity index (χ2n) is 4.74. The molecule has 1 heterocycles. The van der Waals surface area contributed by atoms with Crippen LogP contribution in [0.4, 0.5) is 14.5 Å². The normalized spacial score (nSPS) is 10.2. The number of hydrogen-bond acceptors (Lipinski definition) is 5. The maximum Gasteiger partial charge on any atom is 0.306 e. The fourth-order valence-corrected chi connectivity index (χ4v) is 2.46. The summed E-state index contributed by atoms with van der Waals surface area (Å²) in [4.78, 5) is 35.3. The Hall–Kier alpha value is -2.61. The summed E-state index contributed by atoms with van der Waals surface area (Å²) in [7, 11) is 0. The Labute approximate surface area is 140 Å². The standard InChI is InChI=1S/C16H13F2NO4S/c17-11-4-3-10(8-12(11)18)19-15(21)9-23-16(22)6-5-13(20)14-2-1-7-24-14/h1-4,7-8H,5-6,9H2,(H,19,21). The molecule has 1 aromatic carbocycles. The molecule has 0 unspecified atom stereocenters. The van der Waals surface area contributed by atoms with Crippen LogP contribution in [0.3, 0.4) is 0 Å². The van der Waals surface area contributed by atoms with Crippen molar-refractivity contribution in [3.8, 4) is 0 Å². The number of anilines is 1. The van der Waals surface area contributed by atoms with E-state index in [1.54, 1.807) is 17.5 Å². The van der Waals surface area contributed by atoms with Gasteiger partial charge in [-0.3, -0.25) is 14.4 Å². The Bertz CT molecular complexity index is 747. The predicted octanol–water partition coefficient (Wildman–Crippen LogP) is 3.17. The number of amides is 1. The fourth-order valence-electron chi connectivity index (χ4n) is 1.77. The maximum absolute atomic E-state index is 13.0. The van der Waals surface area contributed by atoms with Crippen molar-refractivity contribution >= 4 is 34.7 Å². The number of hydrogen-bond donors (Lipinski definition) is 1. The highest BCUT2D eigenvalue weighted by atomic mass is 32.1. The summed E-state index contributed by atoms with van der Waals surface area (Å²) in [5, 5.41) is 4.02.